The lowest BCUT2D eigenvalue weighted by Gasteiger charge is -2.34. The lowest BCUT2D eigenvalue weighted by Crippen LogP contribution is -2.49. The summed E-state index contributed by atoms with van der Waals surface area (Å²) < 4.78 is 53.7. The highest BCUT2D eigenvalue weighted by Crippen LogP contribution is 2.41. The number of piperazine rings is 1. The summed E-state index contributed by atoms with van der Waals surface area (Å²) in [5.74, 6) is 1.08. The van der Waals surface area contributed by atoms with Crippen molar-refractivity contribution in [2.45, 2.75) is 30.1 Å². The molecule has 30 heavy (non-hydrogen) atoms. The Hall–Kier alpha value is -2.46. The van der Waals surface area contributed by atoms with Gasteiger partial charge in [-0.25, -0.2) is 22.8 Å². The first-order valence-corrected chi connectivity index (χ1v) is 11.6. The summed E-state index contributed by atoms with van der Waals surface area (Å²) in [4.78, 5) is 10.2. The maximum absolute atomic E-state index is 14.8. The molecule has 3 aliphatic rings. The minimum absolute atomic E-state index is 0.171. The van der Waals surface area contributed by atoms with Crippen molar-refractivity contribution in [3.05, 3.63) is 36.0 Å². The fourth-order valence-corrected chi connectivity index (χ4v) is 5.27. The minimum Gasteiger partial charge on any atom is -0.490 e. The zero-order valence-electron chi connectivity index (χ0n) is 16.5. The molecule has 1 aliphatic carbocycles. The Morgan fingerprint density at radius 2 is 1.73 bits per heavy atom. The van der Waals surface area contributed by atoms with Crippen LogP contribution in [0.25, 0.3) is 0 Å². The maximum atomic E-state index is 14.8. The average molecular weight is 434 g/mol. The number of ether oxygens (including phenoxy) is 2. The Morgan fingerprint density at radius 3 is 2.47 bits per heavy atom. The molecule has 0 bridgehead atoms. The quantitative estimate of drug-likeness (QED) is 0.729. The van der Waals surface area contributed by atoms with Gasteiger partial charge in [0, 0.05) is 44.6 Å². The first-order valence-electron chi connectivity index (χ1n) is 10.2. The number of nitrogens with zero attached hydrogens (tertiary/aromatic N) is 4. The van der Waals surface area contributed by atoms with E-state index >= 15 is 0 Å². The molecule has 1 saturated carbocycles. The summed E-state index contributed by atoms with van der Waals surface area (Å²) in [5.41, 5.74) is 0.474. The van der Waals surface area contributed by atoms with Crippen LogP contribution in [0, 0.1) is 5.82 Å². The van der Waals surface area contributed by atoms with Crippen LogP contribution in [0.4, 0.5) is 10.2 Å². The monoisotopic (exact) mass is 434 g/mol. The largest absolute Gasteiger partial charge is 0.490 e. The van der Waals surface area contributed by atoms with Crippen LogP contribution in [-0.4, -0.2) is 62.1 Å². The van der Waals surface area contributed by atoms with E-state index in [9.17, 15) is 12.8 Å². The van der Waals surface area contributed by atoms with Crippen LogP contribution in [0.3, 0.4) is 0 Å². The van der Waals surface area contributed by atoms with Crippen LogP contribution in [0.1, 0.15) is 30.9 Å². The minimum atomic E-state index is -3.69. The van der Waals surface area contributed by atoms with Crippen molar-refractivity contribution in [3.63, 3.8) is 0 Å². The van der Waals surface area contributed by atoms with Crippen LogP contribution in [-0.2, 0) is 10.0 Å². The van der Waals surface area contributed by atoms with Gasteiger partial charge in [-0.15, -0.1) is 0 Å². The molecule has 0 unspecified atom stereocenters. The molecule has 1 saturated heterocycles. The second kappa shape index (κ2) is 7.66. The van der Waals surface area contributed by atoms with Gasteiger partial charge in [-0.2, -0.15) is 4.31 Å². The zero-order chi connectivity index (χ0) is 20.7. The van der Waals surface area contributed by atoms with Crippen molar-refractivity contribution in [3.8, 4) is 11.5 Å². The molecule has 3 heterocycles. The summed E-state index contributed by atoms with van der Waals surface area (Å²) in [5, 5.41) is 0. The number of fused-ring (bicyclic) bond motifs is 1. The standard InChI is InChI=1S/C20H23FN4O4S/c21-18-19(14-2-3-14)22-13-23-20(18)24-6-8-25(9-7-24)30(26,27)15-4-5-16-17(12-15)29-11-1-10-28-16/h4-5,12-14H,1-3,6-11H2. The van der Waals surface area contributed by atoms with Crippen molar-refractivity contribution < 1.29 is 22.3 Å². The molecule has 2 fully saturated rings. The van der Waals surface area contributed by atoms with Crippen LogP contribution >= 0.6 is 0 Å². The molecule has 5 rings (SSSR count). The van der Waals surface area contributed by atoms with E-state index in [1.807, 2.05) is 0 Å². The third-order valence-corrected chi connectivity index (χ3v) is 7.55. The summed E-state index contributed by atoms with van der Waals surface area (Å²) in [6.45, 7) is 2.26. The lowest BCUT2D eigenvalue weighted by atomic mass is 10.2. The number of halogens is 1. The molecule has 8 nitrogen and oxygen atoms in total. The Bertz CT molecular complexity index is 1050. The van der Waals surface area contributed by atoms with Gasteiger partial charge in [-0.05, 0) is 25.0 Å². The first-order chi connectivity index (χ1) is 14.5. The lowest BCUT2D eigenvalue weighted by molar-refractivity contribution is 0.296. The van der Waals surface area contributed by atoms with Gasteiger partial charge >= 0.3 is 0 Å². The Morgan fingerprint density at radius 1 is 1.00 bits per heavy atom. The van der Waals surface area contributed by atoms with Gasteiger partial charge in [0.05, 0.1) is 23.8 Å². The van der Waals surface area contributed by atoms with Crippen molar-refractivity contribution >= 4 is 15.8 Å². The van der Waals surface area contributed by atoms with Crippen LogP contribution in [0.2, 0.25) is 0 Å². The Labute approximate surface area is 174 Å². The summed E-state index contributed by atoms with van der Waals surface area (Å²) >= 11 is 0. The highest BCUT2D eigenvalue weighted by Gasteiger charge is 2.33. The van der Waals surface area contributed by atoms with E-state index in [1.165, 1.54) is 16.7 Å². The second-order valence-electron chi connectivity index (χ2n) is 7.72. The van der Waals surface area contributed by atoms with E-state index < -0.39 is 10.0 Å². The number of hydrogen-bond acceptors (Lipinski definition) is 7. The number of sulfonamides is 1. The van der Waals surface area contributed by atoms with Gasteiger partial charge in [-0.1, -0.05) is 0 Å². The Kier molecular flexibility index (Phi) is 4.98. The second-order valence-corrected chi connectivity index (χ2v) is 9.66. The van der Waals surface area contributed by atoms with Gasteiger partial charge < -0.3 is 14.4 Å². The van der Waals surface area contributed by atoms with Crippen LogP contribution < -0.4 is 14.4 Å². The zero-order valence-corrected chi connectivity index (χ0v) is 17.3. The van der Waals surface area contributed by atoms with Gasteiger partial charge in [0.1, 0.15) is 6.33 Å². The van der Waals surface area contributed by atoms with Gasteiger partial charge in [0.15, 0.2) is 23.1 Å². The van der Waals surface area contributed by atoms with Crippen molar-refractivity contribution in [1.82, 2.24) is 14.3 Å². The number of anilines is 1. The summed E-state index contributed by atoms with van der Waals surface area (Å²) in [6.07, 6.45) is 4.05. The SMILES string of the molecule is O=S(=O)(c1ccc2c(c1)OCCCO2)N1CCN(c2ncnc(C3CC3)c2F)CC1. The molecule has 1 aromatic carbocycles. The third kappa shape index (κ3) is 3.58. The number of benzene rings is 1. The predicted octanol–water partition coefficient (Wildman–Crippen LogP) is 2.17. The highest BCUT2D eigenvalue weighted by molar-refractivity contribution is 7.89. The highest BCUT2D eigenvalue weighted by atomic mass is 32.2. The van der Waals surface area contributed by atoms with Gasteiger partial charge in [0.25, 0.3) is 0 Å². The van der Waals surface area contributed by atoms with E-state index in [1.54, 1.807) is 17.0 Å². The fraction of sp³-hybridized carbons (Fsp3) is 0.500. The molecular weight excluding hydrogens is 411 g/mol. The van der Waals surface area contributed by atoms with E-state index in [0.29, 0.717) is 43.5 Å². The molecule has 10 heteroatoms. The first kappa shape index (κ1) is 19.5. The average Bonchev–Trinajstić information content (AvgIpc) is 3.61. The number of aromatic nitrogens is 2. The van der Waals surface area contributed by atoms with Crippen LogP contribution in [0.15, 0.2) is 29.4 Å². The molecule has 2 aliphatic heterocycles. The molecule has 0 N–H and O–H groups in total. The van der Waals surface area contributed by atoms with Crippen molar-refractivity contribution in [2.24, 2.45) is 0 Å². The van der Waals surface area contributed by atoms with Gasteiger partial charge in [-0.3, -0.25) is 0 Å². The number of rotatable bonds is 4. The molecule has 2 aromatic rings. The summed E-state index contributed by atoms with van der Waals surface area (Å²) in [6, 6.07) is 4.70. The van der Waals surface area contributed by atoms with Crippen LogP contribution in [0.5, 0.6) is 11.5 Å². The fourth-order valence-electron chi connectivity index (χ4n) is 3.83. The maximum Gasteiger partial charge on any atom is 0.243 e. The summed E-state index contributed by atoms with van der Waals surface area (Å²) in [7, 11) is -3.69. The molecular formula is C20H23FN4O4S. The molecule has 160 valence electrons. The third-order valence-electron chi connectivity index (χ3n) is 5.66. The topological polar surface area (TPSA) is 84.9 Å². The van der Waals surface area contributed by atoms with Crippen molar-refractivity contribution in [1.29, 1.82) is 0 Å². The predicted molar refractivity (Wildman–Crippen MR) is 107 cm³/mol. The Balaban J connectivity index is 1.32. The van der Waals surface area contributed by atoms with E-state index in [0.717, 1.165) is 19.3 Å². The van der Waals surface area contributed by atoms with E-state index in [-0.39, 0.29) is 35.5 Å². The molecule has 0 radical (unpaired) electrons. The smallest absolute Gasteiger partial charge is 0.243 e. The molecule has 1 aromatic heterocycles. The van der Waals surface area contributed by atoms with E-state index in [4.69, 9.17) is 9.47 Å². The normalized spacial score (nSPS) is 20.1. The van der Waals surface area contributed by atoms with E-state index in [2.05, 4.69) is 9.97 Å². The molecule has 0 spiro atoms. The number of hydrogen-bond donors (Lipinski definition) is 0. The van der Waals surface area contributed by atoms with Crippen molar-refractivity contribution in [2.75, 3.05) is 44.3 Å². The molecule has 0 amide bonds. The van der Waals surface area contributed by atoms with Gasteiger partial charge in [0.2, 0.25) is 10.0 Å². The molecule has 0 atom stereocenters.